The number of hydrogen-bond donors (Lipinski definition) is 2. The Hall–Kier alpha value is -0.120. The molecule has 0 aliphatic carbocycles. The van der Waals surface area contributed by atoms with E-state index in [1.165, 1.54) is 32.1 Å². The molecule has 0 saturated heterocycles. The number of nitrogens with two attached hydrogens (primary N) is 1. The molecule has 0 aliphatic heterocycles. The van der Waals surface area contributed by atoms with Crippen LogP contribution in [0.25, 0.3) is 0 Å². The first-order valence-electron chi connectivity index (χ1n) is 9.30. The molecule has 0 rings (SSSR count). The van der Waals surface area contributed by atoms with Crippen molar-refractivity contribution in [3.8, 4) is 0 Å². The molecule has 0 spiro atoms. The van der Waals surface area contributed by atoms with Gasteiger partial charge in [0.1, 0.15) is 0 Å². The van der Waals surface area contributed by atoms with E-state index in [1.807, 2.05) is 0 Å². The predicted octanol–water partition coefficient (Wildman–Crippen LogP) is 4.33. The second-order valence-corrected chi connectivity index (χ2v) is 6.35. The van der Waals surface area contributed by atoms with E-state index in [4.69, 9.17) is 5.84 Å². The highest BCUT2D eigenvalue weighted by atomic mass is 15.3. The first kappa shape index (κ1) is 20.9. The maximum Gasteiger partial charge on any atom is 0.0397 e. The zero-order chi connectivity index (χ0) is 16.3. The number of nitrogens with one attached hydrogen (secondary N) is 1. The minimum atomic E-state index is 0.192. The molecule has 0 aliphatic rings. The van der Waals surface area contributed by atoms with Crippen LogP contribution >= 0.6 is 0 Å². The number of hydrogen-bond acceptors (Lipinski definition) is 3. The van der Waals surface area contributed by atoms with E-state index in [0.29, 0.717) is 6.04 Å². The molecular weight excluding hydrogens is 258 g/mol. The lowest BCUT2D eigenvalue weighted by atomic mass is 9.77. The highest BCUT2D eigenvalue weighted by Gasteiger charge is 2.40. The fourth-order valence-electron chi connectivity index (χ4n) is 4.02. The van der Waals surface area contributed by atoms with Gasteiger partial charge >= 0.3 is 0 Å². The monoisotopic (exact) mass is 299 g/mol. The summed E-state index contributed by atoms with van der Waals surface area (Å²) in [5.41, 5.74) is 3.39. The number of likely N-dealkylation sites (N-methyl/N-ethyl adjacent to an activating group) is 1. The van der Waals surface area contributed by atoms with E-state index in [1.54, 1.807) is 0 Å². The van der Waals surface area contributed by atoms with Gasteiger partial charge in [-0.1, -0.05) is 67.2 Å². The molecule has 0 saturated carbocycles. The molecule has 2 atom stereocenters. The van der Waals surface area contributed by atoms with Crippen LogP contribution in [-0.2, 0) is 0 Å². The second kappa shape index (κ2) is 11.4. The van der Waals surface area contributed by atoms with Crippen molar-refractivity contribution in [3.63, 3.8) is 0 Å². The fraction of sp³-hybridized carbons (Fsp3) is 1.00. The molecule has 0 aromatic rings. The molecule has 0 fully saturated rings. The van der Waals surface area contributed by atoms with Crippen molar-refractivity contribution in [2.45, 2.75) is 98.1 Å². The van der Waals surface area contributed by atoms with Crippen LogP contribution in [0.3, 0.4) is 0 Å². The molecule has 0 bridgehead atoms. The van der Waals surface area contributed by atoms with Gasteiger partial charge in [0.05, 0.1) is 0 Å². The Morgan fingerprint density at radius 1 is 1.00 bits per heavy atom. The van der Waals surface area contributed by atoms with Crippen molar-refractivity contribution in [3.05, 3.63) is 0 Å². The lowest BCUT2D eigenvalue weighted by Gasteiger charge is -2.48. The fourth-order valence-corrected chi connectivity index (χ4v) is 4.02. The smallest absolute Gasteiger partial charge is 0.0397 e. The van der Waals surface area contributed by atoms with E-state index < -0.39 is 0 Å². The summed E-state index contributed by atoms with van der Waals surface area (Å²) in [6.07, 6.45) is 8.75. The molecule has 3 N–H and O–H groups in total. The van der Waals surface area contributed by atoms with Gasteiger partial charge < -0.3 is 0 Å². The normalized spacial score (nSPS) is 15.4. The van der Waals surface area contributed by atoms with E-state index in [-0.39, 0.29) is 5.54 Å². The summed E-state index contributed by atoms with van der Waals surface area (Å²) in [5, 5.41) is 0. The molecule has 0 aromatic carbocycles. The van der Waals surface area contributed by atoms with E-state index >= 15 is 0 Å². The van der Waals surface area contributed by atoms with Crippen LogP contribution in [-0.4, -0.2) is 29.6 Å². The number of unbranched alkanes of at least 4 members (excludes halogenated alkanes) is 1. The molecule has 3 nitrogen and oxygen atoms in total. The molecule has 0 heterocycles. The number of hydrazine groups is 1. The van der Waals surface area contributed by atoms with E-state index in [0.717, 1.165) is 31.8 Å². The van der Waals surface area contributed by atoms with Gasteiger partial charge in [-0.3, -0.25) is 16.2 Å². The Morgan fingerprint density at radius 2 is 1.57 bits per heavy atom. The maximum absolute atomic E-state index is 6.01. The highest BCUT2D eigenvalue weighted by molar-refractivity contribution is 4.98. The van der Waals surface area contributed by atoms with Crippen LogP contribution < -0.4 is 11.3 Å². The average Bonchev–Trinajstić information content (AvgIpc) is 2.53. The third kappa shape index (κ3) is 5.54. The van der Waals surface area contributed by atoms with Gasteiger partial charge in [-0.15, -0.1) is 0 Å². The van der Waals surface area contributed by atoms with Gasteiger partial charge in [0.2, 0.25) is 0 Å². The Bertz CT molecular complexity index is 235. The van der Waals surface area contributed by atoms with Crippen LogP contribution in [0.2, 0.25) is 0 Å². The van der Waals surface area contributed by atoms with Crippen LogP contribution in [0.4, 0.5) is 0 Å². The quantitative estimate of drug-likeness (QED) is 0.393. The summed E-state index contributed by atoms with van der Waals surface area (Å²) in [4.78, 5) is 2.62. The summed E-state index contributed by atoms with van der Waals surface area (Å²) in [6.45, 7) is 16.0. The third-order valence-corrected chi connectivity index (χ3v) is 5.58. The minimum absolute atomic E-state index is 0.192. The van der Waals surface area contributed by atoms with Gasteiger partial charge in [-0.05, 0) is 38.3 Å². The van der Waals surface area contributed by atoms with Crippen molar-refractivity contribution in [1.82, 2.24) is 10.3 Å². The molecule has 21 heavy (non-hydrogen) atoms. The van der Waals surface area contributed by atoms with Crippen molar-refractivity contribution >= 4 is 0 Å². The summed E-state index contributed by atoms with van der Waals surface area (Å²) in [6, 6.07) is 0.384. The Morgan fingerprint density at radius 3 is 1.90 bits per heavy atom. The van der Waals surface area contributed by atoms with Crippen molar-refractivity contribution in [1.29, 1.82) is 0 Å². The van der Waals surface area contributed by atoms with E-state index in [9.17, 15) is 0 Å². The molecule has 3 heteroatoms. The molecule has 128 valence electrons. The van der Waals surface area contributed by atoms with Crippen LogP contribution in [0.15, 0.2) is 0 Å². The van der Waals surface area contributed by atoms with Gasteiger partial charge in [0, 0.05) is 11.6 Å². The molecule has 0 radical (unpaired) electrons. The first-order chi connectivity index (χ1) is 10.1. The summed E-state index contributed by atoms with van der Waals surface area (Å²) in [7, 11) is 0. The average molecular weight is 300 g/mol. The second-order valence-electron chi connectivity index (χ2n) is 6.35. The Kier molecular flexibility index (Phi) is 11.4. The molecule has 0 amide bonds. The molecular formula is C18H41N3. The molecule has 0 aromatic heterocycles. The number of nitrogens with zero attached hydrogens (tertiary/aromatic N) is 1. The standard InChI is InChI=1S/C18H41N3/c1-7-13-14-16(8-2)15-17(20-19)18(9-3,10-4)21(11-5)12-6/h16-17,20H,7-15,19H2,1-6H3. The maximum atomic E-state index is 6.01. The number of rotatable bonds is 13. The Labute approximate surface area is 134 Å². The minimum Gasteiger partial charge on any atom is -0.297 e. The SMILES string of the molecule is CCCCC(CC)CC(NN)C(CC)(CC)N(CC)CC. The molecule has 2 unspecified atom stereocenters. The van der Waals surface area contributed by atoms with Gasteiger partial charge in [-0.2, -0.15) is 0 Å². The zero-order valence-electron chi connectivity index (χ0n) is 15.5. The van der Waals surface area contributed by atoms with Crippen molar-refractivity contribution < 1.29 is 0 Å². The predicted molar refractivity (Wildman–Crippen MR) is 95.3 cm³/mol. The van der Waals surface area contributed by atoms with Gasteiger partial charge in [0.15, 0.2) is 0 Å². The highest BCUT2D eigenvalue weighted by Crippen LogP contribution is 2.32. The van der Waals surface area contributed by atoms with Crippen LogP contribution in [0.1, 0.15) is 86.5 Å². The third-order valence-electron chi connectivity index (χ3n) is 5.58. The summed E-state index contributed by atoms with van der Waals surface area (Å²) < 4.78 is 0. The van der Waals surface area contributed by atoms with Crippen molar-refractivity contribution in [2.75, 3.05) is 13.1 Å². The first-order valence-corrected chi connectivity index (χ1v) is 9.30. The lowest BCUT2D eigenvalue weighted by Crippen LogP contribution is -2.62. The summed E-state index contributed by atoms with van der Waals surface area (Å²) in [5.74, 6) is 6.80. The van der Waals surface area contributed by atoms with Gasteiger partial charge in [-0.25, -0.2) is 0 Å². The Balaban J connectivity index is 5.12. The zero-order valence-corrected chi connectivity index (χ0v) is 15.5. The van der Waals surface area contributed by atoms with Crippen molar-refractivity contribution in [2.24, 2.45) is 11.8 Å². The van der Waals surface area contributed by atoms with E-state index in [2.05, 4.69) is 51.9 Å². The van der Waals surface area contributed by atoms with Crippen LogP contribution in [0, 0.1) is 5.92 Å². The summed E-state index contributed by atoms with van der Waals surface area (Å²) >= 11 is 0. The largest absolute Gasteiger partial charge is 0.297 e. The lowest BCUT2D eigenvalue weighted by molar-refractivity contribution is 0.0389. The topological polar surface area (TPSA) is 41.3 Å². The van der Waals surface area contributed by atoms with Gasteiger partial charge in [0.25, 0.3) is 0 Å². The van der Waals surface area contributed by atoms with Crippen LogP contribution in [0.5, 0.6) is 0 Å².